The Morgan fingerprint density at radius 3 is 2.63 bits per heavy atom. The van der Waals surface area contributed by atoms with Crippen LogP contribution in [-0.2, 0) is 4.74 Å². The normalized spacial score (nSPS) is 16.3. The van der Waals surface area contributed by atoms with Gasteiger partial charge in [-0.05, 0) is 30.9 Å². The van der Waals surface area contributed by atoms with Crippen LogP contribution in [0.5, 0.6) is 0 Å². The second kappa shape index (κ2) is 5.97. The summed E-state index contributed by atoms with van der Waals surface area (Å²) < 4.78 is 32.3. The van der Waals surface area contributed by atoms with Crippen molar-refractivity contribution in [3.05, 3.63) is 29.3 Å². The van der Waals surface area contributed by atoms with E-state index in [0.717, 1.165) is 18.9 Å². The summed E-state index contributed by atoms with van der Waals surface area (Å²) in [6.45, 7) is 1.88. The largest absolute Gasteiger partial charge is 0.478 e. The van der Waals surface area contributed by atoms with Gasteiger partial charge in [-0.2, -0.15) is 0 Å². The Morgan fingerprint density at radius 2 is 2.00 bits per heavy atom. The summed E-state index contributed by atoms with van der Waals surface area (Å²) in [6.07, 6.45) is 1.76. The van der Waals surface area contributed by atoms with Gasteiger partial charge in [0.2, 0.25) is 0 Å². The van der Waals surface area contributed by atoms with Gasteiger partial charge in [-0.15, -0.1) is 0 Å². The molecule has 0 radical (unpaired) electrons. The molecule has 4 nitrogen and oxygen atoms in total. The molecule has 6 heteroatoms. The van der Waals surface area contributed by atoms with E-state index in [-0.39, 0.29) is 5.69 Å². The molecule has 1 heterocycles. The lowest BCUT2D eigenvalue weighted by atomic mass is 10.0. The standard InChI is InChI=1S/C13H15F2NO3/c14-11-9(13(17)18)1-2-10(12(11)15)16-7-8-3-5-19-6-4-8/h1-2,8,16H,3-7H2,(H,17,18). The maximum Gasteiger partial charge on any atom is 0.338 e. The third-order valence-corrected chi connectivity index (χ3v) is 3.23. The second-order valence-electron chi connectivity index (χ2n) is 4.53. The van der Waals surface area contributed by atoms with E-state index < -0.39 is 23.2 Å². The Labute approximate surface area is 109 Å². The number of carboxylic acids is 1. The minimum absolute atomic E-state index is 0.00556. The summed E-state index contributed by atoms with van der Waals surface area (Å²) >= 11 is 0. The van der Waals surface area contributed by atoms with E-state index in [1.54, 1.807) is 0 Å². The zero-order valence-corrected chi connectivity index (χ0v) is 10.3. The molecule has 1 fully saturated rings. The number of hydrogen-bond acceptors (Lipinski definition) is 3. The summed E-state index contributed by atoms with van der Waals surface area (Å²) in [5, 5.41) is 11.5. The first-order valence-electron chi connectivity index (χ1n) is 6.12. The van der Waals surface area contributed by atoms with Gasteiger partial charge in [-0.3, -0.25) is 0 Å². The highest BCUT2D eigenvalue weighted by atomic mass is 19.2. The van der Waals surface area contributed by atoms with Gasteiger partial charge < -0.3 is 15.2 Å². The van der Waals surface area contributed by atoms with E-state index >= 15 is 0 Å². The Bertz CT molecular complexity index is 473. The highest BCUT2D eigenvalue weighted by Gasteiger charge is 2.19. The van der Waals surface area contributed by atoms with Gasteiger partial charge in [0.25, 0.3) is 0 Å². The van der Waals surface area contributed by atoms with Gasteiger partial charge in [0, 0.05) is 19.8 Å². The quantitative estimate of drug-likeness (QED) is 0.883. The van der Waals surface area contributed by atoms with Crippen LogP contribution in [-0.4, -0.2) is 30.8 Å². The number of aromatic carboxylic acids is 1. The number of benzene rings is 1. The van der Waals surface area contributed by atoms with E-state index in [0.29, 0.717) is 25.7 Å². The Morgan fingerprint density at radius 1 is 1.32 bits per heavy atom. The Hall–Kier alpha value is -1.69. The molecule has 0 amide bonds. The summed E-state index contributed by atoms with van der Waals surface area (Å²) in [7, 11) is 0. The van der Waals surface area contributed by atoms with Gasteiger partial charge in [0.05, 0.1) is 11.3 Å². The van der Waals surface area contributed by atoms with Crippen molar-refractivity contribution in [2.45, 2.75) is 12.8 Å². The first kappa shape index (κ1) is 13.7. The lowest BCUT2D eigenvalue weighted by Crippen LogP contribution is -2.23. The number of halogens is 2. The van der Waals surface area contributed by atoms with Crippen LogP contribution in [0.2, 0.25) is 0 Å². The van der Waals surface area contributed by atoms with Crippen LogP contribution < -0.4 is 5.32 Å². The molecule has 0 aliphatic carbocycles. The van der Waals surface area contributed by atoms with Crippen molar-refractivity contribution in [2.24, 2.45) is 5.92 Å². The topological polar surface area (TPSA) is 58.6 Å². The lowest BCUT2D eigenvalue weighted by Gasteiger charge is -2.22. The molecule has 0 spiro atoms. The van der Waals surface area contributed by atoms with Gasteiger partial charge in [0.1, 0.15) is 0 Å². The second-order valence-corrected chi connectivity index (χ2v) is 4.53. The molecular weight excluding hydrogens is 256 g/mol. The molecule has 1 aliphatic heterocycles. The Balaban J connectivity index is 2.04. The van der Waals surface area contributed by atoms with Gasteiger partial charge in [-0.1, -0.05) is 0 Å². The zero-order chi connectivity index (χ0) is 13.8. The van der Waals surface area contributed by atoms with Crippen molar-refractivity contribution in [3.63, 3.8) is 0 Å². The van der Waals surface area contributed by atoms with Crippen molar-refractivity contribution in [2.75, 3.05) is 25.1 Å². The van der Waals surface area contributed by atoms with E-state index in [1.165, 1.54) is 6.07 Å². The molecule has 104 valence electrons. The average Bonchev–Trinajstić information content (AvgIpc) is 2.41. The van der Waals surface area contributed by atoms with Crippen LogP contribution in [0.25, 0.3) is 0 Å². The van der Waals surface area contributed by atoms with Crippen molar-refractivity contribution >= 4 is 11.7 Å². The molecule has 1 aromatic rings. The van der Waals surface area contributed by atoms with E-state index in [1.807, 2.05) is 0 Å². The molecule has 2 N–H and O–H groups in total. The van der Waals surface area contributed by atoms with Crippen LogP contribution >= 0.6 is 0 Å². The minimum atomic E-state index is -1.48. The zero-order valence-electron chi connectivity index (χ0n) is 10.3. The third-order valence-electron chi connectivity index (χ3n) is 3.23. The van der Waals surface area contributed by atoms with Gasteiger partial charge in [0.15, 0.2) is 11.6 Å². The molecule has 1 aliphatic rings. The average molecular weight is 271 g/mol. The monoisotopic (exact) mass is 271 g/mol. The molecule has 0 unspecified atom stereocenters. The lowest BCUT2D eigenvalue weighted by molar-refractivity contribution is 0.0688. The predicted molar refractivity (Wildman–Crippen MR) is 65.4 cm³/mol. The summed E-state index contributed by atoms with van der Waals surface area (Å²) in [6, 6.07) is 2.31. The van der Waals surface area contributed by atoms with Crippen molar-refractivity contribution < 1.29 is 23.4 Å². The number of nitrogens with one attached hydrogen (secondary N) is 1. The SMILES string of the molecule is O=C(O)c1ccc(NCC2CCOCC2)c(F)c1F. The molecule has 19 heavy (non-hydrogen) atoms. The molecule has 0 bridgehead atoms. The fraction of sp³-hybridized carbons (Fsp3) is 0.462. The first-order valence-corrected chi connectivity index (χ1v) is 6.12. The van der Waals surface area contributed by atoms with Crippen LogP contribution in [0.15, 0.2) is 12.1 Å². The summed E-state index contributed by atoms with van der Waals surface area (Å²) in [5.41, 5.74) is -0.664. The fourth-order valence-electron chi connectivity index (χ4n) is 2.06. The van der Waals surface area contributed by atoms with Gasteiger partial charge >= 0.3 is 5.97 Å². The van der Waals surface area contributed by atoms with Crippen LogP contribution in [0.4, 0.5) is 14.5 Å². The van der Waals surface area contributed by atoms with Crippen molar-refractivity contribution in [1.82, 2.24) is 0 Å². The van der Waals surface area contributed by atoms with Crippen molar-refractivity contribution in [1.29, 1.82) is 0 Å². The molecule has 0 saturated carbocycles. The number of hydrogen-bond donors (Lipinski definition) is 2. The van der Waals surface area contributed by atoms with Crippen LogP contribution in [0, 0.1) is 17.6 Å². The number of carboxylic acid groups (broad SMARTS) is 1. The number of ether oxygens (including phenoxy) is 1. The smallest absolute Gasteiger partial charge is 0.338 e. The molecule has 1 aromatic carbocycles. The maximum absolute atomic E-state index is 13.7. The minimum Gasteiger partial charge on any atom is -0.478 e. The summed E-state index contributed by atoms with van der Waals surface area (Å²) in [5.74, 6) is -3.60. The van der Waals surface area contributed by atoms with Crippen LogP contribution in [0.1, 0.15) is 23.2 Å². The molecular formula is C13H15F2NO3. The van der Waals surface area contributed by atoms with Crippen LogP contribution in [0.3, 0.4) is 0 Å². The van der Waals surface area contributed by atoms with Gasteiger partial charge in [-0.25, -0.2) is 13.6 Å². The number of carbonyl (C=O) groups is 1. The maximum atomic E-state index is 13.7. The molecule has 0 aromatic heterocycles. The van der Waals surface area contributed by atoms with E-state index in [4.69, 9.17) is 9.84 Å². The Kier molecular flexibility index (Phi) is 4.31. The van der Waals surface area contributed by atoms with E-state index in [2.05, 4.69) is 5.32 Å². The molecule has 0 atom stereocenters. The highest BCUT2D eigenvalue weighted by molar-refractivity contribution is 5.88. The number of anilines is 1. The molecule has 1 saturated heterocycles. The molecule has 2 rings (SSSR count). The van der Waals surface area contributed by atoms with E-state index in [9.17, 15) is 13.6 Å². The third kappa shape index (κ3) is 3.20. The fourth-order valence-corrected chi connectivity index (χ4v) is 2.06. The first-order chi connectivity index (χ1) is 9.09. The number of rotatable bonds is 4. The predicted octanol–water partition coefficient (Wildman–Crippen LogP) is 2.50. The van der Waals surface area contributed by atoms with Crippen molar-refractivity contribution in [3.8, 4) is 0 Å². The summed E-state index contributed by atoms with van der Waals surface area (Å²) in [4.78, 5) is 10.6. The highest BCUT2D eigenvalue weighted by Crippen LogP contribution is 2.22.